The number of rotatable bonds is 1. The molecule has 2 saturated carbocycles. The molecule has 2 aliphatic carbocycles. The van der Waals surface area contributed by atoms with Crippen LogP contribution < -0.4 is 0 Å². The van der Waals surface area contributed by atoms with Crippen molar-refractivity contribution in [1.82, 2.24) is 0 Å². The number of aliphatic carboxylic acids is 1. The molecule has 0 saturated heterocycles. The van der Waals surface area contributed by atoms with E-state index in [1.54, 1.807) is 0 Å². The highest BCUT2D eigenvalue weighted by Gasteiger charge is 2.61. The van der Waals surface area contributed by atoms with Gasteiger partial charge in [0.1, 0.15) is 6.10 Å². The molecular weight excluding hydrogens is 232 g/mol. The summed E-state index contributed by atoms with van der Waals surface area (Å²) in [5.74, 6) is -0.214. The van der Waals surface area contributed by atoms with Crippen molar-refractivity contribution in [2.45, 2.75) is 60.0 Å². The van der Waals surface area contributed by atoms with Crippen LogP contribution in [0.1, 0.15) is 53.9 Å². The summed E-state index contributed by atoms with van der Waals surface area (Å²) in [6.45, 7) is 9.37. The van der Waals surface area contributed by atoms with Crippen molar-refractivity contribution in [2.75, 3.05) is 0 Å². The van der Waals surface area contributed by atoms with Crippen LogP contribution in [0.5, 0.6) is 0 Å². The minimum absolute atomic E-state index is 0.128. The van der Waals surface area contributed by atoms with Crippen LogP contribution in [0.4, 0.5) is 0 Å². The van der Waals surface area contributed by atoms with Crippen LogP contribution in [0.25, 0.3) is 0 Å². The first-order valence-electron chi connectivity index (χ1n) is 6.46. The number of esters is 1. The summed E-state index contributed by atoms with van der Waals surface area (Å²) in [6, 6.07) is 0. The summed E-state index contributed by atoms with van der Waals surface area (Å²) in [7, 11) is 0. The van der Waals surface area contributed by atoms with E-state index in [1.807, 2.05) is 0 Å². The Morgan fingerprint density at radius 2 is 1.72 bits per heavy atom. The van der Waals surface area contributed by atoms with E-state index in [2.05, 4.69) is 20.8 Å². The molecule has 0 amide bonds. The Bertz CT molecular complexity index is 339. The predicted molar refractivity (Wildman–Crippen MR) is 68.1 cm³/mol. The second-order valence-electron chi connectivity index (χ2n) is 6.42. The standard InChI is InChI=1S/C12H20O2.C2H4O2/c1-8(13)14-10-11(2,3)9-5-6-12(10,4)7-9;1-2(3)4/h9-10H,5-7H2,1-4H3;1H3,(H,3,4). The summed E-state index contributed by atoms with van der Waals surface area (Å²) in [5.41, 5.74) is 0.429. The summed E-state index contributed by atoms with van der Waals surface area (Å²) < 4.78 is 5.52. The average Bonchev–Trinajstić information content (AvgIpc) is 2.63. The molecule has 4 heteroatoms. The lowest BCUT2D eigenvalue weighted by molar-refractivity contribution is -0.161. The SMILES string of the molecule is CC(=O)O.CC(=O)OC1C2(C)CCC(C2)C1(C)C. The highest BCUT2D eigenvalue weighted by molar-refractivity contribution is 5.66. The third-order valence-electron chi connectivity index (χ3n) is 4.42. The van der Waals surface area contributed by atoms with Crippen LogP contribution >= 0.6 is 0 Å². The van der Waals surface area contributed by atoms with Gasteiger partial charge in [-0.05, 0) is 25.2 Å². The molecule has 0 aromatic heterocycles. The van der Waals surface area contributed by atoms with Gasteiger partial charge in [0, 0.05) is 24.7 Å². The summed E-state index contributed by atoms with van der Waals surface area (Å²) >= 11 is 0. The molecule has 4 nitrogen and oxygen atoms in total. The molecular formula is C14H24O4. The maximum absolute atomic E-state index is 11.1. The van der Waals surface area contributed by atoms with Crippen molar-refractivity contribution in [2.24, 2.45) is 16.7 Å². The van der Waals surface area contributed by atoms with Crippen LogP contribution in [0.3, 0.4) is 0 Å². The number of carboxylic acids is 1. The molecule has 0 aromatic rings. The number of hydrogen-bond acceptors (Lipinski definition) is 3. The van der Waals surface area contributed by atoms with Gasteiger partial charge in [-0.2, -0.15) is 0 Å². The zero-order valence-electron chi connectivity index (χ0n) is 11.9. The Morgan fingerprint density at radius 1 is 1.22 bits per heavy atom. The molecule has 2 fully saturated rings. The van der Waals surface area contributed by atoms with Crippen LogP contribution in [-0.2, 0) is 14.3 Å². The molecule has 18 heavy (non-hydrogen) atoms. The van der Waals surface area contributed by atoms with Gasteiger partial charge in [0.2, 0.25) is 0 Å². The Labute approximate surface area is 109 Å². The van der Waals surface area contributed by atoms with Gasteiger partial charge in [-0.25, -0.2) is 0 Å². The van der Waals surface area contributed by atoms with Crippen LogP contribution in [0.2, 0.25) is 0 Å². The molecule has 3 unspecified atom stereocenters. The van der Waals surface area contributed by atoms with Gasteiger partial charge in [-0.1, -0.05) is 20.8 Å². The van der Waals surface area contributed by atoms with Gasteiger partial charge in [-0.3, -0.25) is 9.59 Å². The lowest BCUT2D eigenvalue weighted by Crippen LogP contribution is -2.43. The van der Waals surface area contributed by atoms with Gasteiger partial charge in [0.05, 0.1) is 0 Å². The van der Waals surface area contributed by atoms with E-state index in [1.165, 1.54) is 26.2 Å². The topological polar surface area (TPSA) is 63.6 Å². The molecule has 104 valence electrons. The number of carboxylic acid groups (broad SMARTS) is 1. The number of fused-ring (bicyclic) bond motifs is 2. The molecule has 0 spiro atoms. The maximum atomic E-state index is 11.1. The van der Waals surface area contributed by atoms with Gasteiger partial charge in [-0.15, -0.1) is 0 Å². The fourth-order valence-electron chi connectivity index (χ4n) is 3.72. The van der Waals surface area contributed by atoms with Crippen molar-refractivity contribution in [3.8, 4) is 0 Å². The van der Waals surface area contributed by atoms with E-state index in [0.717, 1.165) is 12.8 Å². The largest absolute Gasteiger partial charge is 0.481 e. The van der Waals surface area contributed by atoms with E-state index in [-0.39, 0.29) is 22.9 Å². The van der Waals surface area contributed by atoms with Crippen molar-refractivity contribution >= 4 is 11.9 Å². The van der Waals surface area contributed by atoms with Gasteiger partial charge in [0.15, 0.2) is 0 Å². The molecule has 0 heterocycles. The Hall–Kier alpha value is -1.06. The molecule has 3 atom stereocenters. The highest BCUT2D eigenvalue weighted by atomic mass is 16.5. The first-order valence-corrected chi connectivity index (χ1v) is 6.46. The second-order valence-corrected chi connectivity index (χ2v) is 6.42. The van der Waals surface area contributed by atoms with E-state index in [9.17, 15) is 4.79 Å². The van der Waals surface area contributed by atoms with Crippen LogP contribution in [-0.4, -0.2) is 23.1 Å². The Kier molecular flexibility index (Phi) is 4.08. The van der Waals surface area contributed by atoms with Crippen LogP contribution in [0.15, 0.2) is 0 Å². The third kappa shape index (κ3) is 2.85. The van der Waals surface area contributed by atoms with Crippen LogP contribution in [0, 0.1) is 16.7 Å². The number of carbonyl (C=O) groups excluding carboxylic acids is 1. The summed E-state index contributed by atoms with van der Waals surface area (Å²) in [4.78, 5) is 20.1. The number of hydrogen-bond donors (Lipinski definition) is 1. The summed E-state index contributed by atoms with van der Waals surface area (Å²) in [6.07, 6.45) is 3.89. The van der Waals surface area contributed by atoms with Crippen molar-refractivity contribution < 1.29 is 19.4 Å². The quantitative estimate of drug-likeness (QED) is 0.733. The maximum Gasteiger partial charge on any atom is 0.302 e. The minimum Gasteiger partial charge on any atom is -0.481 e. The van der Waals surface area contributed by atoms with E-state index < -0.39 is 5.97 Å². The number of ether oxygens (including phenoxy) is 1. The molecule has 0 aliphatic heterocycles. The van der Waals surface area contributed by atoms with E-state index in [0.29, 0.717) is 0 Å². The minimum atomic E-state index is -0.833. The first-order chi connectivity index (χ1) is 8.09. The fourth-order valence-corrected chi connectivity index (χ4v) is 3.72. The Morgan fingerprint density at radius 3 is 2.06 bits per heavy atom. The van der Waals surface area contributed by atoms with E-state index in [4.69, 9.17) is 14.6 Å². The third-order valence-corrected chi connectivity index (χ3v) is 4.42. The van der Waals surface area contributed by atoms with E-state index >= 15 is 0 Å². The molecule has 1 N–H and O–H groups in total. The highest BCUT2D eigenvalue weighted by Crippen LogP contribution is 2.63. The lowest BCUT2D eigenvalue weighted by atomic mass is 9.70. The average molecular weight is 256 g/mol. The molecule has 2 aliphatic rings. The molecule has 0 aromatic carbocycles. The van der Waals surface area contributed by atoms with Gasteiger partial charge >= 0.3 is 5.97 Å². The monoisotopic (exact) mass is 256 g/mol. The van der Waals surface area contributed by atoms with Gasteiger partial charge in [0.25, 0.3) is 5.97 Å². The normalized spacial score (nSPS) is 35.6. The van der Waals surface area contributed by atoms with Gasteiger partial charge < -0.3 is 9.84 Å². The number of carbonyl (C=O) groups is 2. The smallest absolute Gasteiger partial charge is 0.302 e. The molecule has 0 radical (unpaired) electrons. The molecule has 2 bridgehead atoms. The lowest BCUT2D eigenvalue weighted by Gasteiger charge is -2.41. The second kappa shape index (κ2) is 4.90. The van der Waals surface area contributed by atoms with Crippen molar-refractivity contribution in [1.29, 1.82) is 0 Å². The van der Waals surface area contributed by atoms with Crippen molar-refractivity contribution in [3.63, 3.8) is 0 Å². The van der Waals surface area contributed by atoms with Crippen molar-refractivity contribution in [3.05, 3.63) is 0 Å². The Balaban J connectivity index is 0.000000357. The zero-order valence-corrected chi connectivity index (χ0v) is 11.9. The fraction of sp³-hybridized carbons (Fsp3) is 0.857. The zero-order chi connectivity index (χ0) is 14.1. The predicted octanol–water partition coefficient (Wildman–Crippen LogP) is 2.86. The molecule has 2 rings (SSSR count). The first kappa shape index (κ1) is 15.0. The summed E-state index contributed by atoms with van der Waals surface area (Å²) in [5, 5.41) is 7.42.